The van der Waals surface area contributed by atoms with E-state index < -0.39 is 51.8 Å². The highest BCUT2D eigenvalue weighted by molar-refractivity contribution is 7.98. The predicted molar refractivity (Wildman–Crippen MR) is 167 cm³/mol. The fourth-order valence-electron chi connectivity index (χ4n) is 6.34. The van der Waals surface area contributed by atoms with Gasteiger partial charge < -0.3 is 29.3 Å². The molecule has 15 nitrogen and oxygen atoms in total. The Bertz CT molecular complexity index is 1820. The lowest BCUT2D eigenvalue weighted by Crippen LogP contribution is -2.63. The van der Waals surface area contributed by atoms with Crippen LogP contribution in [0.3, 0.4) is 0 Å². The highest BCUT2D eigenvalue weighted by atomic mass is 32.2. The summed E-state index contributed by atoms with van der Waals surface area (Å²) < 4.78 is 68.2. The monoisotopic (exact) mass is 753 g/mol. The summed E-state index contributed by atoms with van der Waals surface area (Å²) in [5.41, 5.74) is -5.09. The number of β-lactam (4-membered cyclic amide) rings is 1. The number of ether oxygens (including phenoxy) is 1. The van der Waals surface area contributed by atoms with Crippen LogP contribution in [0, 0.1) is 11.8 Å². The van der Waals surface area contributed by atoms with Crippen LogP contribution in [0.2, 0.25) is 0 Å². The zero-order valence-corrected chi connectivity index (χ0v) is 29.2. The van der Waals surface area contributed by atoms with Gasteiger partial charge in [0.1, 0.15) is 30.6 Å². The second kappa shape index (κ2) is 13.9. The SMILES string of the molecule is C=CCOC(=O)N1C[C@@H]([n+]2cn3cc(C4=C(C(=O)O)N5C(=O)[C@H]([C@@H](C)O)[C@H]5[C@H]4C)sc3c2SC)C[C@H]1C(=O)N(C)C.O=S(=O)([O-])C(F)(F)F. The number of aromatic nitrogens is 2. The standard InChI is InChI=1S/C27H33N5O7S2.CHF3O3S/c1-7-8-39-27(38)30-10-15(9-16(30)22(34)28(4)5)31-12-29-11-17(41-24(29)25(31)40-6)18-13(2)20-19(14(3)33)23(35)32(20)21(18)26(36)37;2-1(3,4)8(5,6)7/h7,11-16,19-20,33H,1,8-10H2,2-6H3;(H,5,6,7)/t13-,14+,15-,16-,19+,20+;/m0./s1. The van der Waals surface area contributed by atoms with Crippen LogP contribution in [-0.4, -0.2) is 123 Å². The molecule has 21 heteroatoms. The molecule has 0 aliphatic carbocycles. The molecule has 3 amide bonds. The van der Waals surface area contributed by atoms with Crippen LogP contribution in [-0.2, 0) is 29.2 Å². The number of halogens is 3. The quantitative estimate of drug-likeness (QED) is 0.0997. The molecule has 2 N–H and O–H groups in total. The van der Waals surface area contributed by atoms with Crippen molar-refractivity contribution >= 4 is 67.5 Å². The molecule has 0 spiro atoms. The molecule has 270 valence electrons. The third-order valence-electron chi connectivity index (χ3n) is 8.44. The zero-order chi connectivity index (χ0) is 36.9. The first kappa shape index (κ1) is 38.1. The number of carbonyl (C=O) groups is 4. The topological polar surface area (TPSA) is 193 Å². The number of nitrogens with zero attached hydrogens (tertiary/aromatic N) is 5. The smallest absolute Gasteiger partial charge is 0.485 e. The van der Waals surface area contributed by atoms with Crippen molar-refractivity contribution < 1.29 is 64.8 Å². The van der Waals surface area contributed by atoms with Crippen LogP contribution in [0.5, 0.6) is 0 Å². The lowest BCUT2D eigenvalue weighted by molar-refractivity contribution is -0.751. The van der Waals surface area contributed by atoms with Crippen molar-refractivity contribution in [1.29, 1.82) is 0 Å². The summed E-state index contributed by atoms with van der Waals surface area (Å²) in [6.45, 7) is 7.37. The van der Waals surface area contributed by atoms with Gasteiger partial charge in [-0.3, -0.25) is 14.5 Å². The lowest BCUT2D eigenvalue weighted by Gasteiger charge is -2.46. The zero-order valence-electron chi connectivity index (χ0n) is 26.8. The number of imidazole rings is 1. The molecule has 0 radical (unpaired) electrons. The molecule has 0 saturated carbocycles. The van der Waals surface area contributed by atoms with Gasteiger partial charge in [-0.05, 0) is 13.2 Å². The third kappa shape index (κ3) is 6.90. The maximum Gasteiger partial charge on any atom is 0.485 e. The fourth-order valence-corrected chi connectivity index (χ4v) is 8.56. The Balaban J connectivity index is 0.000000603. The molecule has 3 aliphatic heterocycles. The maximum absolute atomic E-state index is 13.0. The van der Waals surface area contributed by atoms with Crippen LogP contribution >= 0.6 is 23.1 Å². The van der Waals surface area contributed by atoms with Crippen molar-refractivity contribution in [3.05, 3.63) is 35.8 Å². The van der Waals surface area contributed by atoms with Gasteiger partial charge in [0.2, 0.25) is 21.7 Å². The molecule has 2 aromatic heterocycles. The second-order valence-corrected chi connectivity index (χ2v) is 14.9. The molecular formula is C28H34F3N5O10S3. The van der Waals surface area contributed by atoms with Gasteiger partial charge in [-0.15, -0.1) is 0 Å². The van der Waals surface area contributed by atoms with E-state index in [1.54, 1.807) is 21.0 Å². The van der Waals surface area contributed by atoms with Gasteiger partial charge in [0, 0.05) is 32.0 Å². The summed E-state index contributed by atoms with van der Waals surface area (Å²) >= 11 is 2.95. The second-order valence-electron chi connectivity index (χ2n) is 11.7. The minimum Gasteiger partial charge on any atom is -0.741 e. The molecule has 2 saturated heterocycles. The fraction of sp³-hybridized carbons (Fsp3) is 0.536. The number of likely N-dealkylation sites (tertiary alicyclic amines) is 1. The average Bonchev–Trinajstić information content (AvgIpc) is 3.73. The number of aliphatic carboxylic acids is 1. The number of fused-ring (bicyclic) bond motifs is 2. The third-order valence-corrected chi connectivity index (χ3v) is 11.1. The number of hydrogen-bond acceptors (Lipinski definition) is 11. The van der Waals surface area contributed by atoms with E-state index in [9.17, 15) is 42.6 Å². The number of aliphatic hydroxyl groups is 1. The number of carbonyl (C=O) groups excluding carboxylic acids is 3. The Morgan fingerprint density at radius 1 is 1.33 bits per heavy atom. The first-order valence-electron chi connectivity index (χ1n) is 14.5. The van der Waals surface area contributed by atoms with Gasteiger partial charge in [-0.2, -0.15) is 17.6 Å². The van der Waals surface area contributed by atoms with Crippen molar-refractivity contribution in [3.63, 3.8) is 0 Å². The van der Waals surface area contributed by atoms with E-state index in [2.05, 4.69) is 11.1 Å². The van der Waals surface area contributed by atoms with Crippen molar-refractivity contribution in [2.24, 2.45) is 11.8 Å². The van der Waals surface area contributed by atoms with Crippen LogP contribution in [0.1, 0.15) is 31.2 Å². The molecule has 0 aromatic carbocycles. The van der Waals surface area contributed by atoms with Gasteiger partial charge in [0.05, 0.1) is 29.5 Å². The molecule has 49 heavy (non-hydrogen) atoms. The summed E-state index contributed by atoms with van der Waals surface area (Å²) in [4.78, 5) is 56.8. The minimum absolute atomic E-state index is 0.0259. The van der Waals surface area contributed by atoms with E-state index in [1.165, 1.54) is 43.9 Å². The molecule has 0 bridgehead atoms. The summed E-state index contributed by atoms with van der Waals surface area (Å²) in [5, 5.41) is 21.2. The van der Waals surface area contributed by atoms with E-state index in [0.29, 0.717) is 12.0 Å². The van der Waals surface area contributed by atoms with Gasteiger partial charge in [0.15, 0.2) is 10.1 Å². The van der Waals surface area contributed by atoms with Gasteiger partial charge >= 0.3 is 17.6 Å². The highest BCUT2D eigenvalue weighted by Gasteiger charge is 2.60. The van der Waals surface area contributed by atoms with Crippen LogP contribution in [0.15, 0.2) is 35.9 Å². The molecule has 2 aromatic rings. The van der Waals surface area contributed by atoms with Crippen LogP contribution in [0.25, 0.3) is 10.4 Å². The van der Waals surface area contributed by atoms with Crippen LogP contribution < -0.4 is 4.57 Å². The normalized spacial score (nSPS) is 24.3. The molecule has 3 aliphatic rings. The molecule has 5 heterocycles. The largest absolute Gasteiger partial charge is 0.741 e. The summed E-state index contributed by atoms with van der Waals surface area (Å²) in [6, 6.07) is -1.26. The van der Waals surface area contributed by atoms with Gasteiger partial charge in [-0.25, -0.2) is 22.6 Å². The predicted octanol–water partition coefficient (Wildman–Crippen LogP) is 1.74. The average molecular weight is 754 g/mol. The summed E-state index contributed by atoms with van der Waals surface area (Å²) in [6.07, 6.45) is 6.16. The van der Waals surface area contributed by atoms with E-state index in [1.807, 2.05) is 30.1 Å². The first-order chi connectivity index (χ1) is 22.7. The maximum atomic E-state index is 13.0. The Kier molecular flexibility index (Phi) is 10.8. The first-order valence-corrected chi connectivity index (χ1v) is 18.0. The van der Waals surface area contributed by atoms with Gasteiger partial charge in [-0.1, -0.05) is 42.7 Å². The number of carboxylic acid groups (broad SMARTS) is 1. The molecule has 5 rings (SSSR count). The number of amides is 3. The number of likely N-dealkylation sites (N-methyl/N-ethyl adjacent to an activating group) is 1. The van der Waals surface area contributed by atoms with Crippen molar-refractivity contribution in [1.82, 2.24) is 19.1 Å². The van der Waals surface area contributed by atoms with Crippen LogP contribution in [0.4, 0.5) is 18.0 Å². The van der Waals surface area contributed by atoms with Crippen molar-refractivity contribution in [3.8, 4) is 0 Å². The van der Waals surface area contributed by atoms with Crippen molar-refractivity contribution in [2.75, 3.05) is 33.5 Å². The Labute approximate surface area is 286 Å². The van der Waals surface area contributed by atoms with E-state index in [4.69, 9.17) is 17.7 Å². The van der Waals surface area contributed by atoms with Gasteiger partial charge in [0.25, 0.3) is 6.33 Å². The number of rotatable bonds is 8. The number of alkyl halides is 3. The Morgan fingerprint density at radius 3 is 2.43 bits per heavy atom. The summed E-state index contributed by atoms with van der Waals surface area (Å²) in [7, 11) is -2.78. The highest BCUT2D eigenvalue weighted by Crippen LogP contribution is 2.51. The lowest BCUT2D eigenvalue weighted by atomic mass is 9.77. The molecule has 2 fully saturated rings. The number of thioether (sulfide) groups is 1. The minimum atomic E-state index is -6.09. The Morgan fingerprint density at radius 2 is 1.94 bits per heavy atom. The number of carboxylic acids is 1. The van der Waals surface area contributed by atoms with E-state index >= 15 is 0 Å². The molecule has 0 unspecified atom stereocenters. The number of hydrogen-bond donors (Lipinski definition) is 2. The molecule has 6 atom stereocenters. The number of aliphatic hydroxyl groups excluding tert-OH is 1. The Hall–Kier alpha value is -3.66. The number of thiazole rings is 1. The van der Waals surface area contributed by atoms with E-state index in [0.717, 1.165) is 14.7 Å². The van der Waals surface area contributed by atoms with Crippen molar-refractivity contribution in [2.45, 2.75) is 55.0 Å². The summed E-state index contributed by atoms with van der Waals surface area (Å²) in [5.74, 6) is -2.62. The van der Waals surface area contributed by atoms with E-state index in [-0.39, 0.29) is 42.6 Å². The molecular weight excluding hydrogens is 720 g/mol.